The molecule has 1 aromatic rings. The molecule has 0 saturated heterocycles. The monoisotopic (exact) mass is 268 g/mol. The lowest BCUT2D eigenvalue weighted by Crippen LogP contribution is -2.32. The second-order valence-electron chi connectivity index (χ2n) is 4.07. The number of hydrogen-bond donors (Lipinski definition) is 2. The molecular weight excluding hydrogens is 251 g/mol. The molecule has 0 bridgehead atoms. The van der Waals surface area contributed by atoms with Crippen LogP contribution in [-0.4, -0.2) is 41.5 Å². The molecule has 2 N–H and O–H groups in total. The van der Waals surface area contributed by atoms with Crippen LogP contribution in [0.1, 0.15) is 13.3 Å². The Morgan fingerprint density at radius 2 is 2.16 bits per heavy atom. The second kappa shape index (κ2) is 7.48. The molecule has 0 heterocycles. The molecule has 19 heavy (non-hydrogen) atoms. The topological polar surface area (TPSA) is 69.6 Å². The molecule has 0 fully saturated rings. The Labute approximate surface area is 111 Å². The minimum Gasteiger partial charge on any atom is -0.480 e. The maximum atomic E-state index is 12.9. The number of carboxylic acids is 1. The summed E-state index contributed by atoms with van der Waals surface area (Å²) in [6.07, 6.45) is 0.164. The van der Waals surface area contributed by atoms with Crippen molar-refractivity contribution in [1.29, 1.82) is 0 Å². The number of carbonyl (C=O) groups is 2. The normalized spacial score (nSPS) is 10.5. The Morgan fingerprint density at radius 1 is 1.42 bits per heavy atom. The number of carboxylic acid groups (broad SMARTS) is 1. The Balaban J connectivity index is 2.40. The molecule has 0 atom stereocenters. The van der Waals surface area contributed by atoms with Crippen LogP contribution >= 0.6 is 0 Å². The fourth-order valence-electron chi connectivity index (χ4n) is 1.59. The summed E-state index contributed by atoms with van der Waals surface area (Å²) in [5.41, 5.74) is 0.395. The van der Waals surface area contributed by atoms with Gasteiger partial charge in [-0.25, -0.2) is 4.39 Å². The van der Waals surface area contributed by atoms with Crippen LogP contribution in [0.15, 0.2) is 24.3 Å². The van der Waals surface area contributed by atoms with E-state index in [2.05, 4.69) is 5.32 Å². The second-order valence-corrected chi connectivity index (χ2v) is 4.07. The number of rotatable bonds is 7. The number of hydrogen-bond acceptors (Lipinski definition) is 3. The highest BCUT2D eigenvalue weighted by atomic mass is 19.1. The first kappa shape index (κ1) is 15.1. The van der Waals surface area contributed by atoms with E-state index in [1.54, 1.807) is 11.0 Å². The number of halogens is 1. The van der Waals surface area contributed by atoms with Crippen LogP contribution in [0.4, 0.5) is 10.1 Å². The summed E-state index contributed by atoms with van der Waals surface area (Å²) in [5.74, 6) is -1.61. The van der Waals surface area contributed by atoms with E-state index in [0.29, 0.717) is 18.8 Å². The van der Waals surface area contributed by atoms with Crippen LogP contribution in [0.25, 0.3) is 0 Å². The molecule has 0 aromatic heterocycles. The Hall–Kier alpha value is -1.95. The third-order valence-electron chi connectivity index (χ3n) is 2.57. The highest BCUT2D eigenvalue weighted by Gasteiger charge is 2.10. The van der Waals surface area contributed by atoms with E-state index in [9.17, 15) is 14.0 Å². The van der Waals surface area contributed by atoms with Gasteiger partial charge >= 0.3 is 5.97 Å². The van der Waals surface area contributed by atoms with E-state index in [1.165, 1.54) is 18.2 Å². The highest BCUT2D eigenvalue weighted by Crippen LogP contribution is 2.09. The average Bonchev–Trinajstić information content (AvgIpc) is 2.34. The average molecular weight is 268 g/mol. The fourth-order valence-corrected chi connectivity index (χ4v) is 1.59. The number of benzene rings is 1. The predicted molar refractivity (Wildman–Crippen MR) is 69.4 cm³/mol. The van der Waals surface area contributed by atoms with Gasteiger partial charge in [0.15, 0.2) is 0 Å². The summed E-state index contributed by atoms with van der Waals surface area (Å²) in [5, 5.41) is 11.2. The van der Waals surface area contributed by atoms with Gasteiger partial charge in [-0.3, -0.25) is 14.5 Å². The molecule has 0 aliphatic rings. The number of carbonyl (C=O) groups excluding carboxylic acids is 1. The van der Waals surface area contributed by atoms with Gasteiger partial charge in [0.2, 0.25) is 5.91 Å². The van der Waals surface area contributed by atoms with Crippen molar-refractivity contribution in [2.45, 2.75) is 13.3 Å². The van der Waals surface area contributed by atoms with Crippen LogP contribution in [0, 0.1) is 5.82 Å². The predicted octanol–water partition coefficient (Wildman–Crippen LogP) is 1.56. The van der Waals surface area contributed by atoms with Crippen molar-refractivity contribution >= 4 is 17.6 Å². The number of amides is 1. The summed E-state index contributed by atoms with van der Waals surface area (Å²) in [7, 11) is 0. The third kappa shape index (κ3) is 5.96. The number of nitrogens with zero attached hydrogens (tertiary/aromatic N) is 1. The molecule has 0 saturated carbocycles. The minimum atomic E-state index is -0.924. The van der Waals surface area contributed by atoms with E-state index in [0.717, 1.165) is 0 Å². The van der Waals surface area contributed by atoms with Gasteiger partial charge in [0.25, 0.3) is 0 Å². The first-order valence-electron chi connectivity index (χ1n) is 6.01. The Bertz CT molecular complexity index is 451. The van der Waals surface area contributed by atoms with E-state index in [4.69, 9.17) is 5.11 Å². The standard InChI is InChI=1S/C13H17FN2O3/c1-2-16(9-13(18)19)7-6-12(17)15-11-5-3-4-10(14)8-11/h3-5,8H,2,6-7,9H2,1H3,(H,15,17)(H,18,19). The lowest BCUT2D eigenvalue weighted by molar-refractivity contribution is -0.138. The molecule has 1 amide bonds. The third-order valence-corrected chi connectivity index (χ3v) is 2.57. The zero-order valence-corrected chi connectivity index (χ0v) is 10.7. The van der Waals surface area contributed by atoms with Crippen LogP contribution in [0.3, 0.4) is 0 Å². The zero-order chi connectivity index (χ0) is 14.3. The summed E-state index contributed by atoms with van der Waals surface area (Å²) < 4.78 is 12.9. The summed E-state index contributed by atoms with van der Waals surface area (Å²) in [4.78, 5) is 23.8. The SMILES string of the molecule is CCN(CCC(=O)Nc1cccc(F)c1)CC(=O)O. The molecule has 0 unspecified atom stereocenters. The van der Waals surface area contributed by atoms with Crippen LogP contribution in [-0.2, 0) is 9.59 Å². The van der Waals surface area contributed by atoms with Gasteiger partial charge in [0, 0.05) is 18.7 Å². The number of likely N-dealkylation sites (N-methyl/N-ethyl adjacent to an activating group) is 1. The summed E-state index contributed by atoms with van der Waals surface area (Å²) >= 11 is 0. The lowest BCUT2D eigenvalue weighted by atomic mass is 10.3. The van der Waals surface area contributed by atoms with Gasteiger partial charge < -0.3 is 10.4 Å². The van der Waals surface area contributed by atoms with Crippen LogP contribution < -0.4 is 5.32 Å². The molecule has 0 aliphatic heterocycles. The van der Waals surface area contributed by atoms with Gasteiger partial charge in [0.1, 0.15) is 5.82 Å². The molecule has 104 valence electrons. The van der Waals surface area contributed by atoms with E-state index in [-0.39, 0.29) is 18.9 Å². The van der Waals surface area contributed by atoms with Crippen molar-refractivity contribution in [1.82, 2.24) is 4.90 Å². The maximum Gasteiger partial charge on any atom is 0.317 e. The molecule has 1 rings (SSSR count). The number of anilines is 1. The van der Waals surface area contributed by atoms with Gasteiger partial charge in [-0.15, -0.1) is 0 Å². The van der Waals surface area contributed by atoms with E-state index >= 15 is 0 Å². The molecule has 0 radical (unpaired) electrons. The van der Waals surface area contributed by atoms with Crippen molar-refractivity contribution in [3.05, 3.63) is 30.1 Å². The minimum absolute atomic E-state index is 0.0935. The molecule has 1 aromatic carbocycles. The molecule has 5 nitrogen and oxygen atoms in total. The quantitative estimate of drug-likeness (QED) is 0.787. The lowest BCUT2D eigenvalue weighted by Gasteiger charge is -2.17. The van der Waals surface area contributed by atoms with E-state index < -0.39 is 11.8 Å². The van der Waals surface area contributed by atoms with Crippen molar-refractivity contribution < 1.29 is 19.1 Å². The molecule has 0 spiro atoms. The summed E-state index contributed by atoms with van der Waals surface area (Å²) in [6, 6.07) is 5.62. The molecular formula is C13H17FN2O3. The molecule has 0 aliphatic carbocycles. The first-order valence-corrected chi connectivity index (χ1v) is 6.01. The Morgan fingerprint density at radius 3 is 2.74 bits per heavy atom. The smallest absolute Gasteiger partial charge is 0.317 e. The van der Waals surface area contributed by atoms with Gasteiger partial charge in [0.05, 0.1) is 6.54 Å². The van der Waals surface area contributed by atoms with E-state index in [1.807, 2.05) is 6.92 Å². The van der Waals surface area contributed by atoms with Crippen LogP contribution in [0.2, 0.25) is 0 Å². The number of aliphatic carboxylic acids is 1. The molecule has 6 heteroatoms. The van der Waals surface area contributed by atoms with Crippen molar-refractivity contribution in [3.8, 4) is 0 Å². The van der Waals surface area contributed by atoms with Crippen molar-refractivity contribution in [2.75, 3.05) is 25.0 Å². The maximum absolute atomic E-state index is 12.9. The van der Waals surface area contributed by atoms with Gasteiger partial charge in [-0.1, -0.05) is 13.0 Å². The van der Waals surface area contributed by atoms with Gasteiger partial charge in [-0.05, 0) is 24.7 Å². The van der Waals surface area contributed by atoms with Gasteiger partial charge in [-0.2, -0.15) is 0 Å². The van der Waals surface area contributed by atoms with Crippen molar-refractivity contribution in [2.24, 2.45) is 0 Å². The first-order chi connectivity index (χ1) is 9.01. The Kier molecular flexibility index (Phi) is 5.95. The van der Waals surface area contributed by atoms with Crippen molar-refractivity contribution in [3.63, 3.8) is 0 Å². The summed E-state index contributed by atoms with van der Waals surface area (Å²) in [6.45, 7) is 2.64. The number of nitrogens with one attached hydrogen (secondary N) is 1. The highest BCUT2D eigenvalue weighted by molar-refractivity contribution is 5.90. The fraction of sp³-hybridized carbons (Fsp3) is 0.385. The largest absolute Gasteiger partial charge is 0.480 e. The van der Waals surface area contributed by atoms with Crippen LogP contribution in [0.5, 0.6) is 0 Å². The zero-order valence-electron chi connectivity index (χ0n) is 10.7.